The van der Waals surface area contributed by atoms with Gasteiger partial charge in [0.05, 0.1) is 5.69 Å². The number of tetrazole rings is 1. The Bertz CT molecular complexity index is 1200. The lowest BCUT2D eigenvalue weighted by atomic mass is 9.92. The van der Waals surface area contributed by atoms with Crippen molar-refractivity contribution in [3.8, 4) is 11.3 Å². The summed E-state index contributed by atoms with van der Waals surface area (Å²) in [6.45, 7) is 2.12. The van der Waals surface area contributed by atoms with Gasteiger partial charge in [0.2, 0.25) is 5.95 Å². The predicted molar refractivity (Wildman–Crippen MR) is 104 cm³/mol. The van der Waals surface area contributed by atoms with Gasteiger partial charge in [0.25, 0.3) is 5.56 Å². The topological polar surface area (TPSA) is 101 Å². The van der Waals surface area contributed by atoms with Crippen LogP contribution in [0.15, 0.2) is 59.4 Å². The van der Waals surface area contributed by atoms with Crippen molar-refractivity contribution >= 4 is 11.6 Å². The molecule has 0 fully saturated rings. The number of hydrogen-bond acceptors (Lipinski definition) is 6. The van der Waals surface area contributed by atoms with Crippen molar-refractivity contribution in [2.75, 3.05) is 5.32 Å². The summed E-state index contributed by atoms with van der Waals surface area (Å²) in [5.74, 6) is 0.424. The number of rotatable bonds is 3. The molecule has 5 rings (SSSR count). The van der Waals surface area contributed by atoms with Gasteiger partial charge in [-0.15, -0.1) is 0 Å². The lowest BCUT2D eigenvalue weighted by Gasteiger charge is -2.27. The monoisotopic (exact) mass is 371 g/mol. The van der Waals surface area contributed by atoms with Crippen molar-refractivity contribution in [3.05, 3.63) is 81.6 Å². The molecule has 1 aliphatic rings. The van der Waals surface area contributed by atoms with Crippen LogP contribution in [-0.2, 0) is 6.42 Å². The maximum absolute atomic E-state index is 12.6. The van der Waals surface area contributed by atoms with Crippen LogP contribution in [0.5, 0.6) is 0 Å². The second kappa shape index (κ2) is 6.41. The molecule has 2 N–H and O–H groups in total. The molecule has 1 aliphatic heterocycles. The minimum Gasteiger partial charge on any atom is -0.318 e. The Morgan fingerprint density at radius 1 is 1.07 bits per heavy atom. The lowest BCUT2D eigenvalue weighted by Crippen LogP contribution is -2.29. The van der Waals surface area contributed by atoms with Crippen molar-refractivity contribution < 1.29 is 0 Å². The highest BCUT2D eigenvalue weighted by atomic mass is 16.1. The number of fused-ring (bicyclic) bond motifs is 2. The number of aromatic nitrogens is 6. The molecule has 2 aromatic carbocycles. The van der Waals surface area contributed by atoms with E-state index in [2.05, 4.69) is 62.2 Å². The van der Waals surface area contributed by atoms with Gasteiger partial charge >= 0.3 is 0 Å². The highest BCUT2D eigenvalue weighted by Gasteiger charge is 2.34. The zero-order valence-electron chi connectivity index (χ0n) is 15.1. The zero-order valence-corrected chi connectivity index (χ0v) is 15.1. The van der Waals surface area contributed by atoms with Crippen LogP contribution in [0.1, 0.15) is 29.7 Å². The van der Waals surface area contributed by atoms with Gasteiger partial charge < -0.3 is 5.32 Å². The SMILES string of the molecule is CCc1ccc([C@@H]2c3c(-c4ccccc4)n[nH]c(=O)c3Nc3nnnn32)cc1. The van der Waals surface area contributed by atoms with Crippen LogP contribution in [0.2, 0.25) is 0 Å². The van der Waals surface area contributed by atoms with Gasteiger partial charge in [0.15, 0.2) is 0 Å². The van der Waals surface area contributed by atoms with Crippen LogP contribution >= 0.6 is 0 Å². The van der Waals surface area contributed by atoms with Crippen molar-refractivity contribution in [2.24, 2.45) is 0 Å². The van der Waals surface area contributed by atoms with E-state index in [4.69, 9.17) is 0 Å². The number of nitrogens with zero attached hydrogens (tertiary/aromatic N) is 5. The maximum atomic E-state index is 12.6. The summed E-state index contributed by atoms with van der Waals surface area (Å²) in [5, 5.41) is 22.0. The molecule has 0 radical (unpaired) electrons. The summed E-state index contributed by atoms with van der Waals surface area (Å²) >= 11 is 0. The molecule has 0 unspecified atom stereocenters. The summed E-state index contributed by atoms with van der Waals surface area (Å²) < 4.78 is 1.69. The Morgan fingerprint density at radius 3 is 2.61 bits per heavy atom. The van der Waals surface area contributed by atoms with E-state index >= 15 is 0 Å². The van der Waals surface area contributed by atoms with Gasteiger partial charge in [0.1, 0.15) is 11.7 Å². The number of nitrogens with one attached hydrogen (secondary N) is 2. The summed E-state index contributed by atoms with van der Waals surface area (Å²) in [7, 11) is 0. The fourth-order valence-electron chi connectivity index (χ4n) is 3.60. The zero-order chi connectivity index (χ0) is 19.1. The molecule has 0 aliphatic carbocycles. The minimum absolute atomic E-state index is 0.306. The Labute approximate surface area is 160 Å². The molecule has 0 saturated heterocycles. The molecule has 0 amide bonds. The molecular formula is C20H17N7O. The van der Waals surface area contributed by atoms with Crippen molar-refractivity contribution in [1.82, 2.24) is 30.4 Å². The van der Waals surface area contributed by atoms with Gasteiger partial charge in [-0.05, 0) is 28.0 Å². The molecule has 2 aromatic heterocycles. The number of H-pyrrole nitrogens is 1. The highest BCUT2D eigenvalue weighted by Crippen LogP contribution is 2.40. The van der Waals surface area contributed by atoms with E-state index in [9.17, 15) is 4.79 Å². The average Bonchev–Trinajstić information content (AvgIpc) is 3.22. The summed E-state index contributed by atoms with van der Waals surface area (Å²) in [4.78, 5) is 12.6. The Hall–Kier alpha value is -3.81. The van der Waals surface area contributed by atoms with Crippen molar-refractivity contribution in [1.29, 1.82) is 0 Å². The molecule has 3 heterocycles. The minimum atomic E-state index is -0.364. The Balaban J connectivity index is 1.79. The van der Waals surface area contributed by atoms with Crippen LogP contribution in [0, 0.1) is 0 Å². The second-order valence-electron chi connectivity index (χ2n) is 6.63. The van der Waals surface area contributed by atoms with E-state index in [1.807, 2.05) is 30.3 Å². The van der Waals surface area contributed by atoms with Crippen LogP contribution in [0.4, 0.5) is 11.6 Å². The first-order valence-electron chi connectivity index (χ1n) is 9.08. The van der Waals surface area contributed by atoms with Crippen LogP contribution < -0.4 is 10.9 Å². The molecule has 0 saturated carbocycles. The first kappa shape index (κ1) is 16.4. The summed E-state index contributed by atoms with van der Waals surface area (Å²) in [5.41, 5.74) is 4.68. The van der Waals surface area contributed by atoms with Crippen LogP contribution in [-0.4, -0.2) is 30.4 Å². The molecule has 4 aromatic rings. The summed E-state index contributed by atoms with van der Waals surface area (Å²) in [6, 6.07) is 17.7. The van der Waals surface area contributed by atoms with Gasteiger partial charge in [-0.25, -0.2) is 5.10 Å². The van der Waals surface area contributed by atoms with Gasteiger partial charge in [-0.1, -0.05) is 66.6 Å². The first-order chi connectivity index (χ1) is 13.8. The molecule has 8 heteroatoms. The second-order valence-corrected chi connectivity index (χ2v) is 6.63. The highest BCUT2D eigenvalue weighted by molar-refractivity contribution is 5.75. The number of anilines is 2. The Morgan fingerprint density at radius 2 is 1.86 bits per heavy atom. The number of aromatic amines is 1. The van der Waals surface area contributed by atoms with Crippen LogP contribution in [0.25, 0.3) is 11.3 Å². The fraction of sp³-hybridized carbons (Fsp3) is 0.150. The van der Waals surface area contributed by atoms with E-state index in [-0.39, 0.29) is 11.6 Å². The van der Waals surface area contributed by atoms with Crippen LogP contribution in [0.3, 0.4) is 0 Å². The summed E-state index contributed by atoms with van der Waals surface area (Å²) in [6.07, 6.45) is 0.954. The third-order valence-electron chi connectivity index (χ3n) is 5.02. The molecule has 0 bridgehead atoms. The molecule has 1 atom stereocenters. The number of benzene rings is 2. The molecule has 8 nitrogen and oxygen atoms in total. The number of hydrogen-bond donors (Lipinski definition) is 2. The maximum Gasteiger partial charge on any atom is 0.288 e. The number of aryl methyl sites for hydroxylation is 1. The van der Waals surface area contributed by atoms with Gasteiger partial charge in [-0.3, -0.25) is 4.79 Å². The van der Waals surface area contributed by atoms with E-state index < -0.39 is 0 Å². The molecule has 28 heavy (non-hydrogen) atoms. The van der Waals surface area contributed by atoms with Gasteiger partial charge in [0, 0.05) is 11.1 Å². The quantitative estimate of drug-likeness (QED) is 0.506. The standard InChI is InChI=1S/C20H17N7O/c1-2-12-8-10-14(11-9-12)18-15-16(13-6-4-3-5-7-13)22-23-19(28)17(15)21-20-24-25-26-27(18)20/h3-11,18H,2H2,1H3,(H,23,28)(H,21,24,26)/t18-/m1/s1. The van der Waals surface area contributed by atoms with Crippen molar-refractivity contribution in [2.45, 2.75) is 19.4 Å². The fourth-order valence-corrected chi connectivity index (χ4v) is 3.60. The molecular weight excluding hydrogens is 354 g/mol. The van der Waals surface area contributed by atoms with Crippen molar-refractivity contribution in [3.63, 3.8) is 0 Å². The van der Waals surface area contributed by atoms with Gasteiger partial charge in [-0.2, -0.15) is 9.78 Å². The Kier molecular flexibility index (Phi) is 3.75. The average molecular weight is 371 g/mol. The normalized spacial score (nSPS) is 14.8. The molecule has 0 spiro atoms. The first-order valence-corrected chi connectivity index (χ1v) is 9.08. The predicted octanol–water partition coefficient (Wildman–Crippen LogP) is 2.68. The van der Waals surface area contributed by atoms with E-state index in [1.165, 1.54) is 5.56 Å². The smallest absolute Gasteiger partial charge is 0.288 e. The van der Waals surface area contributed by atoms with E-state index in [0.717, 1.165) is 23.1 Å². The van der Waals surface area contributed by atoms with E-state index in [0.29, 0.717) is 17.3 Å². The third-order valence-corrected chi connectivity index (χ3v) is 5.02. The third kappa shape index (κ3) is 2.50. The lowest BCUT2D eigenvalue weighted by molar-refractivity contribution is 0.567. The molecule has 138 valence electrons. The van der Waals surface area contributed by atoms with E-state index in [1.54, 1.807) is 4.68 Å². The largest absolute Gasteiger partial charge is 0.318 e.